The number of halogens is 2. The maximum Gasteiger partial charge on any atom is 0.274 e. The minimum atomic E-state index is -0.0690. The van der Waals surface area contributed by atoms with Gasteiger partial charge < -0.3 is 9.64 Å². The zero-order valence-corrected chi connectivity index (χ0v) is 19.0. The molecule has 0 atom stereocenters. The van der Waals surface area contributed by atoms with E-state index in [-0.39, 0.29) is 12.6 Å². The molecule has 3 aromatic rings. The standard InChI is InChI=1S/C21H24Cl2N6O2/c1-15-16(12-26(2)24-15)13-27-7-9-28(10-8-27)21(30)19-5-6-29(25-19)14-31-20-4-3-17(22)11-18(20)23/h3-6,11-12H,7-10,13-14H2,1-2H3. The molecule has 2 aromatic heterocycles. The second-order valence-electron chi connectivity index (χ2n) is 7.57. The van der Waals surface area contributed by atoms with Gasteiger partial charge >= 0.3 is 0 Å². The molecule has 4 rings (SSSR count). The number of rotatable bonds is 6. The zero-order valence-electron chi connectivity index (χ0n) is 17.5. The Labute approximate surface area is 190 Å². The smallest absolute Gasteiger partial charge is 0.274 e. The van der Waals surface area contributed by atoms with Crippen molar-refractivity contribution in [2.24, 2.45) is 7.05 Å². The molecule has 31 heavy (non-hydrogen) atoms. The second-order valence-corrected chi connectivity index (χ2v) is 8.41. The molecule has 3 heterocycles. The second kappa shape index (κ2) is 9.30. The van der Waals surface area contributed by atoms with Crippen LogP contribution in [0.2, 0.25) is 10.0 Å². The Morgan fingerprint density at radius 3 is 2.58 bits per heavy atom. The summed E-state index contributed by atoms with van der Waals surface area (Å²) in [4.78, 5) is 17.0. The fourth-order valence-corrected chi connectivity index (χ4v) is 4.05. The first-order valence-electron chi connectivity index (χ1n) is 10.0. The van der Waals surface area contributed by atoms with Crippen molar-refractivity contribution < 1.29 is 9.53 Å². The lowest BCUT2D eigenvalue weighted by Crippen LogP contribution is -2.48. The molecular weight excluding hydrogens is 439 g/mol. The summed E-state index contributed by atoms with van der Waals surface area (Å²) >= 11 is 12.0. The van der Waals surface area contributed by atoms with Crippen LogP contribution < -0.4 is 4.74 Å². The van der Waals surface area contributed by atoms with Gasteiger partial charge in [-0.25, -0.2) is 4.68 Å². The first kappa shape index (κ1) is 21.7. The molecule has 0 saturated carbocycles. The van der Waals surface area contributed by atoms with Crippen LogP contribution in [0.5, 0.6) is 5.75 Å². The molecule has 0 aliphatic carbocycles. The van der Waals surface area contributed by atoms with E-state index in [0.717, 1.165) is 25.3 Å². The number of carbonyl (C=O) groups is 1. The van der Waals surface area contributed by atoms with Crippen LogP contribution in [0.25, 0.3) is 0 Å². The minimum absolute atomic E-state index is 0.0690. The van der Waals surface area contributed by atoms with Crippen LogP contribution in [0.15, 0.2) is 36.7 Å². The number of ether oxygens (including phenoxy) is 1. The molecule has 1 aliphatic rings. The highest BCUT2D eigenvalue weighted by molar-refractivity contribution is 6.35. The van der Waals surface area contributed by atoms with E-state index >= 15 is 0 Å². The maximum atomic E-state index is 12.8. The monoisotopic (exact) mass is 462 g/mol. The van der Waals surface area contributed by atoms with Gasteiger partial charge in [0.05, 0.1) is 10.7 Å². The predicted octanol–water partition coefficient (Wildman–Crippen LogP) is 3.23. The van der Waals surface area contributed by atoms with E-state index in [9.17, 15) is 4.79 Å². The van der Waals surface area contributed by atoms with Crippen molar-refractivity contribution in [3.05, 3.63) is 63.7 Å². The van der Waals surface area contributed by atoms with E-state index in [1.165, 1.54) is 5.56 Å². The lowest BCUT2D eigenvalue weighted by molar-refractivity contribution is 0.0620. The van der Waals surface area contributed by atoms with Crippen LogP contribution in [-0.2, 0) is 20.3 Å². The third-order valence-corrected chi connectivity index (χ3v) is 5.81. The van der Waals surface area contributed by atoms with Crippen molar-refractivity contribution in [2.45, 2.75) is 20.2 Å². The molecule has 1 aromatic carbocycles. The largest absolute Gasteiger partial charge is 0.470 e. The Morgan fingerprint density at radius 2 is 1.90 bits per heavy atom. The topological polar surface area (TPSA) is 68.4 Å². The van der Waals surface area contributed by atoms with Gasteiger partial charge in [0.25, 0.3) is 5.91 Å². The molecule has 1 aliphatic heterocycles. The molecule has 0 spiro atoms. The molecule has 0 radical (unpaired) electrons. The third-order valence-electron chi connectivity index (χ3n) is 5.27. The molecule has 0 unspecified atom stereocenters. The normalized spacial score (nSPS) is 14.8. The zero-order chi connectivity index (χ0) is 22.0. The number of hydrogen-bond donors (Lipinski definition) is 0. The lowest BCUT2D eigenvalue weighted by atomic mass is 10.2. The fraction of sp³-hybridized carbons (Fsp3) is 0.381. The van der Waals surface area contributed by atoms with Crippen LogP contribution in [0, 0.1) is 6.92 Å². The van der Waals surface area contributed by atoms with Gasteiger partial charge in [-0.05, 0) is 31.2 Å². The average Bonchev–Trinajstić information content (AvgIpc) is 3.33. The number of piperazine rings is 1. The highest BCUT2D eigenvalue weighted by Crippen LogP contribution is 2.27. The molecule has 8 nitrogen and oxygen atoms in total. The Bertz CT molecular complexity index is 1070. The van der Waals surface area contributed by atoms with Crippen molar-refractivity contribution >= 4 is 29.1 Å². The highest BCUT2D eigenvalue weighted by atomic mass is 35.5. The molecule has 0 bridgehead atoms. The summed E-state index contributed by atoms with van der Waals surface area (Å²) in [6.45, 7) is 5.99. The van der Waals surface area contributed by atoms with E-state index in [1.54, 1.807) is 35.1 Å². The number of aryl methyl sites for hydroxylation is 2. The Kier molecular flexibility index (Phi) is 6.50. The van der Waals surface area contributed by atoms with Crippen LogP contribution in [0.3, 0.4) is 0 Å². The van der Waals surface area contributed by atoms with Crippen LogP contribution in [0.1, 0.15) is 21.7 Å². The van der Waals surface area contributed by atoms with Crippen molar-refractivity contribution in [3.8, 4) is 5.75 Å². The minimum Gasteiger partial charge on any atom is -0.470 e. The molecule has 1 amide bonds. The predicted molar refractivity (Wildman–Crippen MR) is 118 cm³/mol. The number of benzene rings is 1. The van der Waals surface area contributed by atoms with Gasteiger partial charge in [0.15, 0.2) is 12.4 Å². The highest BCUT2D eigenvalue weighted by Gasteiger charge is 2.24. The number of aromatic nitrogens is 4. The molecule has 164 valence electrons. The third kappa shape index (κ3) is 5.20. The summed E-state index contributed by atoms with van der Waals surface area (Å²) < 4.78 is 9.08. The van der Waals surface area contributed by atoms with Gasteiger partial charge in [-0.2, -0.15) is 10.2 Å². The summed E-state index contributed by atoms with van der Waals surface area (Å²) in [5.41, 5.74) is 2.68. The molecule has 1 saturated heterocycles. The van der Waals surface area contributed by atoms with E-state index in [2.05, 4.69) is 21.3 Å². The van der Waals surface area contributed by atoms with Crippen molar-refractivity contribution in [3.63, 3.8) is 0 Å². The first-order chi connectivity index (χ1) is 14.9. The number of amides is 1. The van der Waals surface area contributed by atoms with Crippen LogP contribution in [-0.4, -0.2) is 61.4 Å². The number of carbonyl (C=O) groups excluding carboxylic acids is 1. The Balaban J connectivity index is 1.29. The van der Waals surface area contributed by atoms with Gasteiger partial charge in [0.1, 0.15) is 5.75 Å². The van der Waals surface area contributed by atoms with Crippen LogP contribution in [0.4, 0.5) is 0 Å². The quantitative estimate of drug-likeness (QED) is 0.562. The Hall–Kier alpha value is -2.55. The maximum absolute atomic E-state index is 12.8. The summed E-state index contributed by atoms with van der Waals surface area (Å²) in [6, 6.07) is 6.73. The summed E-state index contributed by atoms with van der Waals surface area (Å²) in [7, 11) is 1.93. The van der Waals surface area contributed by atoms with Crippen LogP contribution >= 0.6 is 23.2 Å². The van der Waals surface area contributed by atoms with Gasteiger partial charge in [0, 0.05) is 62.8 Å². The van der Waals surface area contributed by atoms with Gasteiger partial charge in [-0.15, -0.1) is 0 Å². The van der Waals surface area contributed by atoms with Crippen molar-refractivity contribution in [1.29, 1.82) is 0 Å². The van der Waals surface area contributed by atoms with Crippen molar-refractivity contribution in [1.82, 2.24) is 29.4 Å². The van der Waals surface area contributed by atoms with Gasteiger partial charge in [0.2, 0.25) is 0 Å². The first-order valence-corrected chi connectivity index (χ1v) is 10.8. The number of nitrogens with zero attached hydrogens (tertiary/aromatic N) is 6. The van der Waals surface area contributed by atoms with E-state index in [1.807, 2.05) is 23.6 Å². The number of hydrogen-bond acceptors (Lipinski definition) is 5. The van der Waals surface area contributed by atoms with Gasteiger partial charge in [-0.3, -0.25) is 14.4 Å². The average molecular weight is 463 g/mol. The fourth-order valence-electron chi connectivity index (χ4n) is 3.59. The van der Waals surface area contributed by atoms with Gasteiger partial charge in [-0.1, -0.05) is 23.2 Å². The van der Waals surface area contributed by atoms with Crippen molar-refractivity contribution in [2.75, 3.05) is 26.2 Å². The van der Waals surface area contributed by atoms with E-state index in [0.29, 0.717) is 34.6 Å². The van der Waals surface area contributed by atoms with E-state index < -0.39 is 0 Å². The molecule has 10 heteroatoms. The summed E-state index contributed by atoms with van der Waals surface area (Å²) in [5.74, 6) is 0.440. The SMILES string of the molecule is Cc1nn(C)cc1CN1CCN(C(=O)c2ccn(COc3ccc(Cl)cc3Cl)n2)CC1. The lowest BCUT2D eigenvalue weighted by Gasteiger charge is -2.34. The molecular formula is C21H24Cl2N6O2. The van der Waals surface area contributed by atoms with E-state index in [4.69, 9.17) is 27.9 Å². The Morgan fingerprint density at radius 1 is 1.13 bits per heavy atom. The summed E-state index contributed by atoms with van der Waals surface area (Å²) in [5, 5.41) is 9.72. The molecule has 0 N–H and O–H groups in total. The summed E-state index contributed by atoms with van der Waals surface area (Å²) in [6.07, 6.45) is 3.78. The molecule has 1 fully saturated rings.